The monoisotopic (exact) mass is 260 g/mol. The molecule has 1 aromatic rings. The quantitative estimate of drug-likeness (QED) is 0.872. The third kappa shape index (κ3) is 2.20. The van der Waals surface area contributed by atoms with Crippen molar-refractivity contribution in [2.45, 2.75) is 25.7 Å². The molecule has 3 unspecified atom stereocenters. The molecule has 19 heavy (non-hydrogen) atoms. The number of nitrogens with one attached hydrogen (secondary N) is 1. The first kappa shape index (κ1) is 12.1. The molecule has 1 heterocycles. The fourth-order valence-corrected chi connectivity index (χ4v) is 3.47. The van der Waals surface area contributed by atoms with E-state index in [1.807, 2.05) is 0 Å². The molecule has 3 rings (SSSR count). The van der Waals surface area contributed by atoms with Crippen molar-refractivity contribution in [1.29, 1.82) is 0 Å². The molecule has 100 valence electrons. The first-order valence-electron chi connectivity index (χ1n) is 6.64. The molecule has 1 amide bonds. The maximum atomic E-state index is 12.2. The molecule has 2 N–H and O–H groups in total. The number of carbonyl (C=O) groups excluding carboxylic acids is 1. The van der Waals surface area contributed by atoms with Gasteiger partial charge in [0.05, 0.1) is 5.69 Å². The molecule has 0 spiro atoms. The van der Waals surface area contributed by atoms with Crippen LogP contribution in [0.3, 0.4) is 0 Å². The molecular weight excluding hydrogens is 244 g/mol. The number of hydrogen-bond acceptors (Lipinski definition) is 3. The lowest BCUT2D eigenvalue weighted by Crippen LogP contribution is -2.28. The summed E-state index contributed by atoms with van der Waals surface area (Å²) < 4.78 is 0. The molecule has 0 aliphatic heterocycles. The smallest absolute Gasteiger partial charge is 0.356 e. The van der Waals surface area contributed by atoms with Crippen molar-refractivity contribution in [3.63, 3.8) is 0 Å². The fraction of sp³-hybridized carbons (Fsp3) is 0.500. The van der Waals surface area contributed by atoms with Gasteiger partial charge in [0.25, 0.3) is 0 Å². The maximum absolute atomic E-state index is 12.2. The molecule has 0 radical (unpaired) electrons. The van der Waals surface area contributed by atoms with Crippen LogP contribution in [-0.2, 0) is 4.79 Å². The third-order valence-electron chi connectivity index (χ3n) is 4.34. The number of amides is 1. The van der Waals surface area contributed by atoms with Crippen LogP contribution in [0.5, 0.6) is 0 Å². The summed E-state index contributed by atoms with van der Waals surface area (Å²) in [6.45, 7) is 0. The van der Waals surface area contributed by atoms with Crippen molar-refractivity contribution in [1.82, 2.24) is 4.98 Å². The summed E-state index contributed by atoms with van der Waals surface area (Å²) in [4.78, 5) is 27.1. The van der Waals surface area contributed by atoms with Crippen molar-refractivity contribution in [2.24, 2.45) is 17.8 Å². The average molecular weight is 260 g/mol. The highest BCUT2D eigenvalue weighted by atomic mass is 16.4. The fourth-order valence-electron chi connectivity index (χ4n) is 3.47. The lowest BCUT2D eigenvalue weighted by molar-refractivity contribution is -0.121. The molecule has 2 saturated carbocycles. The Kier molecular flexibility index (Phi) is 2.97. The standard InChI is InChI=1S/C14H16N2O3/c17-13(10-7-8-3-4-9(10)6-8)16-11-2-1-5-15-12(11)14(18)19/h1-2,5,8-10H,3-4,6-7H2,(H,16,17)(H,18,19). The number of fused-ring (bicyclic) bond motifs is 2. The Morgan fingerprint density at radius 1 is 1.32 bits per heavy atom. The Balaban J connectivity index is 1.75. The third-order valence-corrected chi connectivity index (χ3v) is 4.34. The molecule has 2 bridgehead atoms. The second-order valence-electron chi connectivity index (χ2n) is 5.48. The van der Waals surface area contributed by atoms with Crippen LogP contribution in [0.15, 0.2) is 18.3 Å². The van der Waals surface area contributed by atoms with Gasteiger partial charge < -0.3 is 10.4 Å². The number of aromatic carboxylic acids is 1. The molecule has 5 nitrogen and oxygen atoms in total. The molecule has 2 aliphatic carbocycles. The summed E-state index contributed by atoms with van der Waals surface area (Å²) in [6.07, 6.45) is 5.87. The normalized spacial score (nSPS) is 28.3. The highest BCUT2D eigenvalue weighted by molar-refractivity contribution is 6.00. The van der Waals surface area contributed by atoms with E-state index in [0.717, 1.165) is 19.3 Å². The number of nitrogens with zero attached hydrogens (tertiary/aromatic N) is 1. The topological polar surface area (TPSA) is 79.3 Å². The lowest BCUT2D eigenvalue weighted by atomic mass is 9.88. The first-order valence-corrected chi connectivity index (χ1v) is 6.64. The Morgan fingerprint density at radius 3 is 2.79 bits per heavy atom. The Hall–Kier alpha value is -1.91. The maximum Gasteiger partial charge on any atom is 0.356 e. The molecule has 5 heteroatoms. The SMILES string of the molecule is O=C(O)c1ncccc1NC(=O)C1CC2CCC1C2. The van der Waals surface area contributed by atoms with Crippen LogP contribution < -0.4 is 5.32 Å². The zero-order valence-electron chi connectivity index (χ0n) is 10.5. The van der Waals surface area contributed by atoms with Crippen molar-refractivity contribution < 1.29 is 14.7 Å². The summed E-state index contributed by atoms with van der Waals surface area (Å²) in [7, 11) is 0. The van der Waals surface area contributed by atoms with Gasteiger partial charge in [0.2, 0.25) is 5.91 Å². The van der Waals surface area contributed by atoms with Crippen LogP contribution in [0.1, 0.15) is 36.2 Å². The molecular formula is C14H16N2O3. The Labute approximate surface area is 111 Å². The lowest BCUT2D eigenvalue weighted by Gasteiger charge is -2.21. The number of aromatic nitrogens is 1. The average Bonchev–Trinajstić information content (AvgIpc) is 3.01. The van der Waals surface area contributed by atoms with E-state index in [0.29, 0.717) is 17.5 Å². The highest BCUT2D eigenvalue weighted by Gasteiger charge is 2.43. The molecule has 1 aromatic heterocycles. The number of carboxylic acid groups (broad SMARTS) is 1. The second-order valence-corrected chi connectivity index (χ2v) is 5.48. The predicted molar refractivity (Wildman–Crippen MR) is 68.8 cm³/mol. The van der Waals surface area contributed by atoms with Crippen molar-refractivity contribution >= 4 is 17.6 Å². The summed E-state index contributed by atoms with van der Waals surface area (Å²) in [5.41, 5.74) is 0.196. The number of rotatable bonds is 3. The largest absolute Gasteiger partial charge is 0.476 e. The first-order chi connectivity index (χ1) is 9.15. The van der Waals surface area contributed by atoms with Gasteiger partial charge in [-0.1, -0.05) is 6.42 Å². The molecule has 0 aromatic carbocycles. The van der Waals surface area contributed by atoms with Gasteiger partial charge in [-0.15, -0.1) is 0 Å². The molecule has 2 fully saturated rings. The number of hydrogen-bond donors (Lipinski definition) is 2. The summed E-state index contributed by atoms with van der Waals surface area (Å²) in [5, 5.41) is 11.8. The minimum atomic E-state index is -1.12. The van der Waals surface area contributed by atoms with Crippen LogP contribution in [-0.4, -0.2) is 22.0 Å². The van der Waals surface area contributed by atoms with E-state index in [4.69, 9.17) is 5.11 Å². The number of carboxylic acids is 1. The number of anilines is 1. The Bertz CT molecular complexity index is 529. The van der Waals surface area contributed by atoms with Gasteiger partial charge >= 0.3 is 5.97 Å². The number of carbonyl (C=O) groups is 2. The molecule has 2 aliphatic rings. The van der Waals surface area contributed by atoms with Gasteiger partial charge in [-0.25, -0.2) is 9.78 Å². The zero-order valence-corrected chi connectivity index (χ0v) is 10.5. The number of pyridine rings is 1. The van der Waals surface area contributed by atoms with E-state index in [1.165, 1.54) is 12.6 Å². The highest BCUT2D eigenvalue weighted by Crippen LogP contribution is 2.48. The van der Waals surface area contributed by atoms with Gasteiger partial charge in [0, 0.05) is 12.1 Å². The van der Waals surface area contributed by atoms with Crippen molar-refractivity contribution in [3.05, 3.63) is 24.0 Å². The van der Waals surface area contributed by atoms with Gasteiger partial charge in [0.1, 0.15) is 0 Å². The van der Waals surface area contributed by atoms with Crippen LogP contribution in [0.4, 0.5) is 5.69 Å². The van der Waals surface area contributed by atoms with E-state index in [1.54, 1.807) is 12.1 Å². The molecule has 3 atom stereocenters. The van der Waals surface area contributed by atoms with Gasteiger partial charge in [0.15, 0.2) is 5.69 Å². The van der Waals surface area contributed by atoms with Gasteiger partial charge in [-0.2, -0.15) is 0 Å². The zero-order chi connectivity index (χ0) is 13.4. The Morgan fingerprint density at radius 2 is 2.16 bits per heavy atom. The van der Waals surface area contributed by atoms with E-state index < -0.39 is 5.97 Å². The van der Waals surface area contributed by atoms with Crippen LogP contribution in [0.25, 0.3) is 0 Å². The van der Waals surface area contributed by atoms with E-state index in [2.05, 4.69) is 10.3 Å². The van der Waals surface area contributed by atoms with Gasteiger partial charge in [-0.05, 0) is 43.2 Å². The van der Waals surface area contributed by atoms with Gasteiger partial charge in [-0.3, -0.25) is 4.79 Å². The van der Waals surface area contributed by atoms with Crippen molar-refractivity contribution in [3.8, 4) is 0 Å². The van der Waals surface area contributed by atoms with E-state index >= 15 is 0 Å². The van der Waals surface area contributed by atoms with Crippen LogP contribution in [0.2, 0.25) is 0 Å². The van der Waals surface area contributed by atoms with Crippen LogP contribution >= 0.6 is 0 Å². The second kappa shape index (κ2) is 4.64. The molecule has 0 saturated heterocycles. The van der Waals surface area contributed by atoms with E-state index in [-0.39, 0.29) is 17.5 Å². The summed E-state index contributed by atoms with van der Waals surface area (Å²) in [5.74, 6) is 0.0377. The summed E-state index contributed by atoms with van der Waals surface area (Å²) in [6, 6.07) is 3.21. The van der Waals surface area contributed by atoms with E-state index in [9.17, 15) is 9.59 Å². The van der Waals surface area contributed by atoms with Crippen molar-refractivity contribution in [2.75, 3.05) is 5.32 Å². The minimum absolute atomic E-state index is 0.0422. The predicted octanol–water partition coefficient (Wildman–Crippen LogP) is 2.15. The minimum Gasteiger partial charge on any atom is -0.476 e. The van der Waals surface area contributed by atoms with Crippen LogP contribution in [0, 0.1) is 17.8 Å². The summed E-state index contributed by atoms with van der Waals surface area (Å²) >= 11 is 0.